The third kappa shape index (κ3) is 2.90. The van der Waals surface area contributed by atoms with Crippen LogP contribution in [0.2, 0.25) is 5.02 Å². The maximum atomic E-state index is 13.4. The first-order valence-corrected chi connectivity index (χ1v) is 10.7. The number of anilines is 1. The van der Waals surface area contributed by atoms with Gasteiger partial charge in [0.25, 0.3) is 5.79 Å². The number of rotatable bonds is 1. The van der Waals surface area contributed by atoms with Crippen LogP contribution in [0.4, 0.5) is 5.69 Å². The third-order valence-electron chi connectivity index (χ3n) is 6.67. The first-order chi connectivity index (χ1) is 14.3. The van der Waals surface area contributed by atoms with Gasteiger partial charge in [0, 0.05) is 37.5 Å². The smallest absolute Gasteiger partial charge is 0.329 e. The molecule has 2 aromatic rings. The second-order valence-electron chi connectivity index (χ2n) is 8.94. The molecule has 6 heteroatoms. The molecule has 0 N–H and O–H groups in total. The van der Waals surface area contributed by atoms with Crippen molar-refractivity contribution in [2.45, 2.75) is 50.9 Å². The first kappa shape index (κ1) is 19.4. The molecule has 0 unspecified atom stereocenters. The van der Waals surface area contributed by atoms with Gasteiger partial charge in [-0.2, -0.15) is 0 Å². The Kier molecular flexibility index (Phi) is 4.37. The summed E-state index contributed by atoms with van der Waals surface area (Å²) in [4.78, 5) is 29.0. The molecule has 0 aliphatic carbocycles. The molecule has 5 nitrogen and oxygen atoms in total. The zero-order chi connectivity index (χ0) is 21.1. The van der Waals surface area contributed by atoms with Crippen LogP contribution in [0.3, 0.4) is 0 Å². The molecule has 5 rings (SSSR count). The summed E-state index contributed by atoms with van der Waals surface area (Å²) in [7, 11) is 0. The summed E-state index contributed by atoms with van der Waals surface area (Å²) < 4.78 is 11.3. The number of nitrogens with zero attached hydrogens (tertiary/aromatic N) is 1. The average Bonchev–Trinajstić information content (AvgIpc) is 2.72. The van der Waals surface area contributed by atoms with Crippen LogP contribution in [0.25, 0.3) is 0 Å². The van der Waals surface area contributed by atoms with E-state index in [0.717, 1.165) is 24.2 Å². The van der Waals surface area contributed by atoms with Gasteiger partial charge >= 0.3 is 11.9 Å². The summed E-state index contributed by atoms with van der Waals surface area (Å²) in [6, 6.07) is 15.6. The van der Waals surface area contributed by atoms with E-state index in [1.54, 1.807) is 19.9 Å². The Balaban J connectivity index is 1.62. The number of cyclic esters (lactones) is 2. The summed E-state index contributed by atoms with van der Waals surface area (Å²) in [6.45, 7) is 3.92. The summed E-state index contributed by atoms with van der Waals surface area (Å²) in [5, 5.41) is 0.642. The van der Waals surface area contributed by atoms with Crippen LogP contribution < -0.4 is 4.90 Å². The largest absolute Gasteiger partial charge is 0.422 e. The van der Waals surface area contributed by atoms with Crippen molar-refractivity contribution >= 4 is 29.2 Å². The molecule has 0 saturated carbocycles. The third-order valence-corrected chi connectivity index (χ3v) is 6.91. The molecular weight excluding hydrogens is 402 g/mol. The molecule has 3 aliphatic heterocycles. The summed E-state index contributed by atoms with van der Waals surface area (Å²) >= 11 is 6.29. The van der Waals surface area contributed by atoms with Gasteiger partial charge in [-0.05, 0) is 42.0 Å². The number of hydrogen-bond acceptors (Lipinski definition) is 5. The zero-order valence-corrected chi connectivity index (χ0v) is 17.8. The van der Waals surface area contributed by atoms with Crippen molar-refractivity contribution in [3.8, 4) is 0 Å². The summed E-state index contributed by atoms with van der Waals surface area (Å²) in [6.07, 6.45) is 1.86. The van der Waals surface area contributed by atoms with Crippen molar-refractivity contribution in [2.24, 2.45) is 5.41 Å². The molecule has 30 heavy (non-hydrogen) atoms. The highest BCUT2D eigenvalue weighted by molar-refractivity contribution is 6.30. The van der Waals surface area contributed by atoms with Crippen molar-refractivity contribution in [2.75, 3.05) is 11.4 Å². The predicted molar refractivity (Wildman–Crippen MR) is 113 cm³/mol. The highest BCUT2D eigenvalue weighted by Crippen LogP contribution is 2.51. The lowest BCUT2D eigenvalue weighted by atomic mass is 9.65. The van der Waals surface area contributed by atoms with Crippen LogP contribution in [-0.2, 0) is 25.5 Å². The Bertz CT molecular complexity index is 999. The Morgan fingerprint density at radius 1 is 1.03 bits per heavy atom. The SMILES string of the molecule is CC1(C)OC(=O)C2(Cc3ccc(Cl)cc3N3CC[C@H](c4ccccc4)C[C@H]32)C(=O)O1. The molecule has 2 aromatic carbocycles. The highest BCUT2D eigenvalue weighted by atomic mass is 35.5. The Morgan fingerprint density at radius 3 is 2.43 bits per heavy atom. The van der Waals surface area contributed by atoms with Gasteiger partial charge in [-0.3, -0.25) is 9.59 Å². The predicted octanol–water partition coefficient (Wildman–Crippen LogP) is 4.47. The molecule has 156 valence electrons. The van der Waals surface area contributed by atoms with Crippen LogP contribution in [0.5, 0.6) is 0 Å². The van der Waals surface area contributed by atoms with Gasteiger partial charge in [0.15, 0.2) is 5.41 Å². The van der Waals surface area contributed by atoms with Crippen molar-refractivity contribution < 1.29 is 19.1 Å². The molecule has 2 fully saturated rings. The topological polar surface area (TPSA) is 55.8 Å². The lowest BCUT2D eigenvalue weighted by Gasteiger charge is -2.54. The lowest BCUT2D eigenvalue weighted by molar-refractivity contribution is -0.253. The number of carbonyl (C=O) groups is 2. The minimum atomic E-state index is -1.37. The molecule has 1 spiro atoms. The molecule has 2 atom stereocenters. The van der Waals surface area contributed by atoms with Gasteiger partial charge < -0.3 is 14.4 Å². The van der Waals surface area contributed by atoms with Crippen LogP contribution in [0.15, 0.2) is 48.5 Å². The Morgan fingerprint density at radius 2 is 1.73 bits per heavy atom. The van der Waals surface area contributed by atoms with E-state index < -0.39 is 23.1 Å². The van der Waals surface area contributed by atoms with E-state index >= 15 is 0 Å². The van der Waals surface area contributed by atoms with Gasteiger partial charge in [0.1, 0.15) is 0 Å². The lowest BCUT2D eigenvalue weighted by Crippen LogP contribution is -2.67. The molecular formula is C24H24ClNO4. The minimum Gasteiger partial charge on any atom is -0.422 e. The Hall–Kier alpha value is -2.53. The molecule has 3 heterocycles. The van der Waals surface area contributed by atoms with Gasteiger partial charge in [0.05, 0.1) is 6.04 Å². The van der Waals surface area contributed by atoms with E-state index in [1.165, 1.54) is 5.56 Å². The average molecular weight is 426 g/mol. The zero-order valence-electron chi connectivity index (χ0n) is 17.1. The maximum absolute atomic E-state index is 13.4. The molecule has 0 bridgehead atoms. The molecule has 0 aromatic heterocycles. The van der Waals surface area contributed by atoms with E-state index in [2.05, 4.69) is 17.0 Å². The number of esters is 2. The number of fused-ring (bicyclic) bond motifs is 4. The van der Waals surface area contributed by atoms with Crippen LogP contribution in [0, 0.1) is 5.41 Å². The fourth-order valence-electron chi connectivity index (χ4n) is 5.27. The van der Waals surface area contributed by atoms with E-state index in [4.69, 9.17) is 21.1 Å². The fourth-order valence-corrected chi connectivity index (χ4v) is 5.44. The second-order valence-corrected chi connectivity index (χ2v) is 9.38. The number of ether oxygens (including phenoxy) is 2. The Labute approximate surface area is 180 Å². The van der Waals surface area contributed by atoms with Gasteiger partial charge in [-0.25, -0.2) is 0 Å². The molecule has 2 saturated heterocycles. The molecule has 3 aliphatic rings. The van der Waals surface area contributed by atoms with Crippen molar-refractivity contribution in [3.63, 3.8) is 0 Å². The van der Waals surface area contributed by atoms with Crippen molar-refractivity contribution in [1.29, 1.82) is 0 Å². The maximum Gasteiger partial charge on any atom is 0.329 e. The monoisotopic (exact) mass is 425 g/mol. The fraction of sp³-hybridized carbons (Fsp3) is 0.417. The number of piperidine rings is 1. The van der Waals surface area contributed by atoms with Crippen LogP contribution >= 0.6 is 11.6 Å². The second kappa shape index (κ2) is 6.74. The first-order valence-electron chi connectivity index (χ1n) is 10.4. The van der Waals surface area contributed by atoms with E-state index in [1.807, 2.05) is 30.3 Å². The summed E-state index contributed by atoms with van der Waals surface area (Å²) in [5.41, 5.74) is 1.77. The van der Waals surface area contributed by atoms with Crippen LogP contribution in [0.1, 0.15) is 43.7 Å². The number of halogens is 1. The standard InChI is InChI=1S/C24H24ClNO4/c1-23(2)29-21(27)24(22(28)30-23)14-17-8-9-18(25)13-19(17)26-11-10-16(12-20(24)26)15-6-4-3-5-7-15/h3-9,13,16,20H,10-12,14H2,1-2H3/t16-,20-/m0/s1. The van der Waals surface area contributed by atoms with Crippen molar-refractivity contribution in [3.05, 3.63) is 64.7 Å². The van der Waals surface area contributed by atoms with E-state index in [-0.39, 0.29) is 18.4 Å². The number of benzene rings is 2. The summed E-state index contributed by atoms with van der Waals surface area (Å²) in [5.74, 6) is -1.99. The quantitative estimate of drug-likeness (QED) is 0.498. The number of hydrogen-bond donors (Lipinski definition) is 0. The van der Waals surface area contributed by atoms with Gasteiger partial charge in [-0.1, -0.05) is 48.0 Å². The van der Waals surface area contributed by atoms with Crippen molar-refractivity contribution in [1.82, 2.24) is 0 Å². The van der Waals surface area contributed by atoms with Gasteiger partial charge in [0.2, 0.25) is 0 Å². The minimum absolute atomic E-state index is 0.251. The normalized spacial score (nSPS) is 26.4. The van der Waals surface area contributed by atoms with Crippen LogP contribution in [-0.4, -0.2) is 30.3 Å². The highest BCUT2D eigenvalue weighted by Gasteiger charge is 2.64. The van der Waals surface area contributed by atoms with Gasteiger partial charge in [-0.15, -0.1) is 0 Å². The van der Waals surface area contributed by atoms with E-state index in [9.17, 15) is 9.59 Å². The molecule has 0 radical (unpaired) electrons. The molecule has 0 amide bonds. The van der Waals surface area contributed by atoms with E-state index in [0.29, 0.717) is 11.4 Å². The number of carbonyl (C=O) groups excluding carboxylic acids is 2.